The minimum Gasteiger partial charge on any atom is -0.480 e. The third-order valence-electron chi connectivity index (χ3n) is 1.98. The molecule has 0 bridgehead atoms. The van der Waals surface area contributed by atoms with Gasteiger partial charge in [-0.25, -0.2) is 8.42 Å². The first-order valence-corrected chi connectivity index (χ1v) is 6.49. The molecule has 0 aliphatic rings. The maximum atomic E-state index is 11.8. The Morgan fingerprint density at radius 1 is 1.33 bits per heavy atom. The number of carboxylic acids is 1. The summed E-state index contributed by atoms with van der Waals surface area (Å²) in [7, 11) is -3.99. The Hall–Kier alpha value is -2.15. The maximum absolute atomic E-state index is 11.8. The van der Waals surface area contributed by atoms with E-state index >= 15 is 0 Å². The predicted octanol–water partition coefficient (Wildman–Crippen LogP) is 0.669. The molecule has 0 atom stereocenters. The van der Waals surface area contributed by atoms with Gasteiger partial charge in [-0.15, -0.1) is 0 Å². The van der Waals surface area contributed by atoms with Gasteiger partial charge in [0, 0.05) is 0 Å². The molecular weight excluding hydrogens is 258 g/mol. The van der Waals surface area contributed by atoms with Gasteiger partial charge in [-0.2, -0.15) is 0 Å². The van der Waals surface area contributed by atoms with Gasteiger partial charge in [0.2, 0.25) is 5.91 Å². The van der Waals surface area contributed by atoms with Crippen LogP contribution in [0.15, 0.2) is 41.8 Å². The average molecular weight is 269 g/mol. The Labute approximate surface area is 104 Å². The molecule has 1 aromatic rings. The van der Waals surface area contributed by atoms with Crippen LogP contribution in [0.5, 0.6) is 0 Å². The lowest BCUT2D eigenvalue weighted by Crippen LogP contribution is -2.18. The van der Waals surface area contributed by atoms with E-state index < -0.39 is 27.5 Å². The third kappa shape index (κ3) is 3.42. The van der Waals surface area contributed by atoms with Crippen LogP contribution < -0.4 is 5.32 Å². The minimum atomic E-state index is -3.99. The van der Waals surface area contributed by atoms with Crippen LogP contribution in [-0.2, 0) is 19.4 Å². The number of para-hydroxylation sites is 1. The van der Waals surface area contributed by atoms with Gasteiger partial charge in [0.05, 0.1) is 10.6 Å². The van der Waals surface area contributed by atoms with Gasteiger partial charge < -0.3 is 10.4 Å². The topological polar surface area (TPSA) is 101 Å². The SMILES string of the molecule is C=CC(=O)Nc1ccccc1S(=O)(=O)CC(=O)O. The molecule has 0 fully saturated rings. The van der Waals surface area contributed by atoms with Crippen LogP contribution in [0, 0.1) is 0 Å². The molecule has 0 aliphatic carbocycles. The molecule has 1 rings (SSSR count). The zero-order valence-electron chi connectivity index (χ0n) is 9.29. The monoisotopic (exact) mass is 269 g/mol. The van der Waals surface area contributed by atoms with E-state index in [1.807, 2.05) is 0 Å². The van der Waals surface area contributed by atoms with Crippen molar-refractivity contribution in [1.82, 2.24) is 0 Å². The lowest BCUT2D eigenvalue weighted by Gasteiger charge is -2.09. The standard InChI is InChI=1S/C11H11NO5S/c1-2-10(13)12-8-5-3-4-6-9(8)18(16,17)7-11(14)15/h2-6H,1,7H2,(H,12,13)(H,14,15). The number of aliphatic carboxylic acids is 1. The lowest BCUT2D eigenvalue weighted by atomic mass is 10.3. The summed E-state index contributed by atoms with van der Waals surface area (Å²) < 4.78 is 23.6. The molecule has 0 heterocycles. The van der Waals surface area contributed by atoms with E-state index in [2.05, 4.69) is 11.9 Å². The van der Waals surface area contributed by atoms with Crippen molar-refractivity contribution < 1.29 is 23.1 Å². The van der Waals surface area contributed by atoms with Crippen molar-refractivity contribution in [3.05, 3.63) is 36.9 Å². The highest BCUT2D eigenvalue weighted by Gasteiger charge is 2.22. The van der Waals surface area contributed by atoms with E-state index in [4.69, 9.17) is 5.11 Å². The second-order valence-electron chi connectivity index (χ2n) is 3.34. The Morgan fingerprint density at radius 3 is 2.50 bits per heavy atom. The molecule has 2 N–H and O–H groups in total. The first-order chi connectivity index (χ1) is 8.36. The summed E-state index contributed by atoms with van der Waals surface area (Å²) in [6.07, 6.45) is 0.987. The Kier molecular flexibility index (Phi) is 4.22. The number of nitrogens with one attached hydrogen (secondary N) is 1. The van der Waals surface area contributed by atoms with Gasteiger partial charge in [0.15, 0.2) is 15.6 Å². The number of amides is 1. The number of carbonyl (C=O) groups excluding carboxylic acids is 1. The normalized spacial score (nSPS) is 10.7. The Bertz CT molecular complexity index is 591. The van der Waals surface area contributed by atoms with Crippen molar-refractivity contribution in [3.63, 3.8) is 0 Å². The number of anilines is 1. The smallest absolute Gasteiger partial charge is 0.319 e. The molecule has 1 aromatic carbocycles. The zero-order chi connectivity index (χ0) is 13.8. The van der Waals surface area contributed by atoms with E-state index in [0.717, 1.165) is 6.08 Å². The second kappa shape index (κ2) is 5.46. The molecule has 1 amide bonds. The van der Waals surface area contributed by atoms with Crippen LogP contribution in [-0.4, -0.2) is 31.2 Å². The van der Waals surface area contributed by atoms with Crippen LogP contribution in [0.25, 0.3) is 0 Å². The van der Waals surface area contributed by atoms with Crippen molar-refractivity contribution in [2.24, 2.45) is 0 Å². The van der Waals surface area contributed by atoms with Crippen molar-refractivity contribution in [2.75, 3.05) is 11.1 Å². The number of carbonyl (C=O) groups is 2. The molecule has 96 valence electrons. The molecule has 0 aromatic heterocycles. The van der Waals surface area contributed by atoms with Gasteiger partial charge in [0.1, 0.15) is 0 Å². The summed E-state index contributed by atoms with van der Waals surface area (Å²) in [5.74, 6) is -3.07. The van der Waals surface area contributed by atoms with Gasteiger partial charge >= 0.3 is 5.97 Å². The highest BCUT2D eigenvalue weighted by molar-refractivity contribution is 7.92. The average Bonchev–Trinajstić information content (AvgIpc) is 2.27. The van der Waals surface area contributed by atoms with E-state index in [0.29, 0.717) is 0 Å². The van der Waals surface area contributed by atoms with Crippen LogP contribution >= 0.6 is 0 Å². The third-order valence-corrected chi connectivity index (χ3v) is 3.63. The molecule has 0 aliphatic heterocycles. The molecule has 0 spiro atoms. The van der Waals surface area contributed by atoms with E-state index in [1.54, 1.807) is 0 Å². The quantitative estimate of drug-likeness (QED) is 0.765. The summed E-state index contributed by atoms with van der Waals surface area (Å²) in [6.45, 7) is 3.24. The van der Waals surface area contributed by atoms with Gasteiger partial charge in [0.25, 0.3) is 0 Å². The number of hydrogen-bond donors (Lipinski definition) is 2. The Morgan fingerprint density at radius 2 is 1.94 bits per heavy atom. The van der Waals surface area contributed by atoms with E-state index in [-0.39, 0.29) is 10.6 Å². The summed E-state index contributed by atoms with van der Waals surface area (Å²) in [6, 6.07) is 5.57. The zero-order valence-corrected chi connectivity index (χ0v) is 10.1. The largest absolute Gasteiger partial charge is 0.480 e. The van der Waals surface area contributed by atoms with Crippen molar-refractivity contribution >= 4 is 27.4 Å². The van der Waals surface area contributed by atoms with Crippen LogP contribution in [0.4, 0.5) is 5.69 Å². The highest BCUT2D eigenvalue weighted by Crippen LogP contribution is 2.22. The minimum absolute atomic E-state index is 0.0312. The summed E-state index contributed by atoms with van der Waals surface area (Å²) in [4.78, 5) is 21.4. The van der Waals surface area contributed by atoms with Crippen molar-refractivity contribution in [1.29, 1.82) is 0 Å². The van der Waals surface area contributed by atoms with Crippen molar-refractivity contribution in [3.8, 4) is 0 Å². The Balaban J connectivity index is 3.20. The first-order valence-electron chi connectivity index (χ1n) is 4.84. The van der Waals surface area contributed by atoms with E-state index in [9.17, 15) is 18.0 Å². The van der Waals surface area contributed by atoms with Gasteiger partial charge in [-0.05, 0) is 18.2 Å². The molecule has 0 saturated carbocycles. The second-order valence-corrected chi connectivity index (χ2v) is 5.30. The number of sulfone groups is 1. The summed E-state index contributed by atoms with van der Waals surface area (Å²) in [5, 5.41) is 10.9. The fraction of sp³-hybridized carbons (Fsp3) is 0.0909. The predicted molar refractivity (Wildman–Crippen MR) is 65.0 cm³/mol. The molecule has 7 heteroatoms. The van der Waals surface area contributed by atoms with Crippen LogP contribution in [0.3, 0.4) is 0 Å². The molecular formula is C11H11NO5S. The lowest BCUT2D eigenvalue weighted by molar-refractivity contribution is -0.134. The fourth-order valence-corrected chi connectivity index (χ4v) is 2.49. The number of carboxylic acid groups (broad SMARTS) is 1. The van der Waals surface area contributed by atoms with Crippen LogP contribution in [0.1, 0.15) is 0 Å². The first kappa shape index (κ1) is 13.9. The molecule has 0 radical (unpaired) electrons. The highest BCUT2D eigenvalue weighted by atomic mass is 32.2. The van der Waals surface area contributed by atoms with Gasteiger partial charge in [-0.1, -0.05) is 18.7 Å². The number of hydrogen-bond acceptors (Lipinski definition) is 4. The molecule has 0 unspecified atom stereocenters. The van der Waals surface area contributed by atoms with Gasteiger partial charge in [-0.3, -0.25) is 9.59 Å². The van der Waals surface area contributed by atoms with E-state index in [1.165, 1.54) is 24.3 Å². The molecule has 18 heavy (non-hydrogen) atoms. The maximum Gasteiger partial charge on any atom is 0.319 e. The fourth-order valence-electron chi connectivity index (χ4n) is 1.27. The van der Waals surface area contributed by atoms with Crippen molar-refractivity contribution in [2.45, 2.75) is 4.90 Å². The molecule has 0 saturated heterocycles. The summed E-state index contributed by atoms with van der Waals surface area (Å²) in [5.41, 5.74) is 0.0312. The number of benzene rings is 1. The number of rotatable bonds is 5. The van der Waals surface area contributed by atoms with Crippen LogP contribution in [0.2, 0.25) is 0 Å². The molecule has 6 nitrogen and oxygen atoms in total. The summed E-state index contributed by atoms with van der Waals surface area (Å²) >= 11 is 0.